The summed E-state index contributed by atoms with van der Waals surface area (Å²) in [4.78, 5) is 0. The molecule has 5 nitrogen and oxygen atoms in total. The van der Waals surface area contributed by atoms with Crippen LogP contribution < -0.4 is 0 Å². The van der Waals surface area contributed by atoms with Crippen LogP contribution in [0.1, 0.15) is 12.1 Å². The molecule has 1 heterocycles. The van der Waals surface area contributed by atoms with Crippen molar-refractivity contribution < 1.29 is 8.42 Å². The minimum absolute atomic E-state index is 0.195. The summed E-state index contributed by atoms with van der Waals surface area (Å²) < 4.78 is 23.4. The zero-order valence-electron chi connectivity index (χ0n) is 8.56. The molecule has 0 amide bonds. The minimum atomic E-state index is -2.87. The minimum Gasteiger partial charge on any atom is -0.252 e. The standard InChI is InChI=1S/C8H14BrN3O2S/c1-15(13,14)6-2-5-12-7-8(3-4-9)10-11-12/h7H,2-6H2,1H3. The number of alkyl halides is 1. The second-order valence-electron chi connectivity index (χ2n) is 3.40. The van der Waals surface area contributed by atoms with E-state index in [0.29, 0.717) is 13.0 Å². The van der Waals surface area contributed by atoms with Crippen molar-refractivity contribution in [3.63, 3.8) is 0 Å². The summed E-state index contributed by atoms with van der Waals surface area (Å²) in [5.41, 5.74) is 0.922. The summed E-state index contributed by atoms with van der Waals surface area (Å²) in [6.07, 6.45) is 4.51. The van der Waals surface area contributed by atoms with Gasteiger partial charge < -0.3 is 0 Å². The van der Waals surface area contributed by atoms with E-state index in [2.05, 4.69) is 26.2 Å². The van der Waals surface area contributed by atoms with Crippen molar-refractivity contribution in [3.05, 3.63) is 11.9 Å². The van der Waals surface area contributed by atoms with Gasteiger partial charge in [0.15, 0.2) is 0 Å². The molecule has 0 unspecified atom stereocenters. The monoisotopic (exact) mass is 295 g/mol. The predicted octanol–water partition coefficient (Wildman–Crippen LogP) is 0.650. The van der Waals surface area contributed by atoms with Crippen LogP contribution in [0.2, 0.25) is 0 Å². The molecule has 0 bridgehead atoms. The van der Waals surface area contributed by atoms with Crippen molar-refractivity contribution in [1.82, 2.24) is 15.0 Å². The fraction of sp³-hybridized carbons (Fsp3) is 0.750. The van der Waals surface area contributed by atoms with Crippen molar-refractivity contribution in [2.45, 2.75) is 19.4 Å². The summed E-state index contributed by atoms with van der Waals surface area (Å²) in [5.74, 6) is 0.195. The maximum absolute atomic E-state index is 10.9. The van der Waals surface area contributed by atoms with Gasteiger partial charge in [-0.2, -0.15) is 0 Å². The SMILES string of the molecule is CS(=O)(=O)CCCn1cc(CCBr)nn1. The zero-order chi connectivity index (χ0) is 11.3. The Morgan fingerprint density at radius 3 is 2.87 bits per heavy atom. The molecule has 0 aliphatic rings. The number of hydrogen-bond acceptors (Lipinski definition) is 4. The second kappa shape index (κ2) is 5.60. The molecule has 0 aromatic carbocycles. The van der Waals surface area contributed by atoms with Crippen LogP contribution in [-0.4, -0.2) is 40.8 Å². The van der Waals surface area contributed by atoms with Crippen LogP contribution in [0.25, 0.3) is 0 Å². The lowest BCUT2D eigenvalue weighted by molar-refractivity contribution is 0.564. The van der Waals surface area contributed by atoms with Crippen LogP contribution in [0, 0.1) is 0 Å². The van der Waals surface area contributed by atoms with Crippen LogP contribution >= 0.6 is 15.9 Å². The normalized spacial score (nSPS) is 11.9. The quantitative estimate of drug-likeness (QED) is 0.723. The van der Waals surface area contributed by atoms with Crippen LogP contribution in [-0.2, 0) is 22.8 Å². The highest BCUT2D eigenvalue weighted by atomic mass is 79.9. The third kappa shape index (κ3) is 5.27. The molecule has 15 heavy (non-hydrogen) atoms. The third-order valence-electron chi connectivity index (χ3n) is 1.84. The molecule has 86 valence electrons. The fourth-order valence-corrected chi connectivity index (χ4v) is 2.21. The van der Waals surface area contributed by atoms with Crippen LogP contribution in [0.15, 0.2) is 6.20 Å². The number of sulfone groups is 1. The van der Waals surface area contributed by atoms with Gasteiger partial charge in [0.1, 0.15) is 9.84 Å². The lowest BCUT2D eigenvalue weighted by Crippen LogP contribution is -2.07. The van der Waals surface area contributed by atoms with E-state index in [9.17, 15) is 8.42 Å². The van der Waals surface area contributed by atoms with E-state index in [1.807, 2.05) is 6.20 Å². The van der Waals surface area contributed by atoms with Gasteiger partial charge in [-0.1, -0.05) is 21.1 Å². The van der Waals surface area contributed by atoms with E-state index >= 15 is 0 Å². The van der Waals surface area contributed by atoms with Crippen molar-refractivity contribution in [2.75, 3.05) is 17.3 Å². The average Bonchev–Trinajstić information content (AvgIpc) is 2.51. The molecule has 0 saturated carbocycles. The van der Waals surface area contributed by atoms with Gasteiger partial charge in [-0.3, -0.25) is 4.68 Å². The van der Waals surface area contributed by atoms with E-state index in [1.54, 1.807) is 4.68 Å². The topological polar surface area (TPSA) is 64.8 Å². The molecule has 0 aliphatic heterocycles. The van der Waals surface area contributed by atoms with Gasteiger partial charge in [0.05, 0.1) is 11.4 Å². The highest BCUT2D eigenvalue weighted by Gasteiger charge is 2.03. The first-order chi connectivity index (χ1) is 7.01. The number of aromatic nitrogens is 3. The largest absolute Gasteiger partial charge is 0.252 e. The van der Waals surface area contributed by atoms with Gasteiger partial charge in [-0.25, -0.2) is 8.42 Å². The van der Waals surface area contributed by atoms with Crippen molar-refractivity contribution in [2.24, 2.45) is 0 Å². The van der Waals surface area contributed by atoms with Gasteiger partial charge in [0, 0.05) is 30.7 Å². The van der Waals surface area contributed by atoms with Crippen LogP contribution in [0.5, 0.6) is 0 Å². The predicted molar refractivity (Wildman–Crippen MR) is 61.8 cm³/mol. The Bertz CT molecular complexity index is 402. The second-order valence-corrected chi connectivity index (χ2v) is 6.45. The summed E-state index contributed by atoms with van der Waals surface area (Å²) in [7, 11) is -2.87. The lowest BCUT2D eigenvalue weighted by atomic mass is 10.4. The molecular formula is C8H14BrN3O2S. The molecule has 1 rings (SSSR count). The van der Waals surface area contributed by atoms with E-state index in [0.717, 1.165) is 17.4 Å². The van der Waals surface area contributed by atoms with Gasteiger partial charge in [0.25, 0.3) is 0 Å². The molecular weight excluding hydrogens is 282 g/mol. The van der Waals surface area contributed by atoms with Gasteiger partial charge in [-0.05, 0) is 6.42 Å². The summed E-state index contributed by atoms with van der Waals surface area (Å²) in [6, 6.07) is 0. The van der Waals surface area contributed by atoms with E-state index in [-0.39, 0.29) is 5.75 Å². The summed E-state index contributed by atoms with van der Waals surface area (Å²) in [6.45, 7) is 0.600. The van der Waals surface area contributed by atoms with Crippen molar-refractivity contribution in [3.8, 4) is 0 Å². The molecule has 0 atom stereocenters. The molecule has 0 fully saturated rings. The van der Waals surface area contributed by atoms with Crippen molar-refractivity contribution >= 4 is 25.8 Å². The van der Waals surface area contributed by atoms with E-state index in [1.165, 1.54) is 6.26 Å². The number of rotatable bonds is 6. The highest BCUT2D eigenvalue weighted by Crippen LogP contribution is 1.99. The first-order valence-electron chi connectivity index (χ1n) is 4.64. The third-order valence-corrected chi connectivity index (χ3v) is 3.27. The number of halogens is 1. The first kappa shape index (κ1) is 12.6. The summed E-state index contributed by atoms with van der Waals surface area (Å²) in [5, 5.41) is 8.72. The Balaban J connectivity index is 2.38. The molecule has 0 N–H and O–H groups in total. The Hall–Kier alpha value is -0.430. The fourth-order valence-electron chi connectivity index (χ4n) is 1.15. The molecule has 0 spiro atoms. The summed E-state index contributed by atoms with van der Waals surface area (Å²) >= 11 is 3.32. The Labute approximate surface area is 97.9 Å². The molecule has 1 aromatic heterocycles. The van der Waals surface area contributed by atoms with Gasteiger partial charge >= 0.3 is 0 Å². The molecule has 0 saturated heterocycles. The van der Waals surface area contributed by atoms with Crippen molar-refractivity contribution in [1.29, 1.82) is 0 Å². The number of nitrogens with zero attached hydrogens (tertiary/aromatic N) is 3. The Morgan fingerprint density at radius 2 is 2.27 bits per heavy atom. The van der Waals surface area contributed by atoms with E-state index in [4.69, 9.17) is 0 Å². The van der Waals surface area contributed by atoms with Gasteiger partial charge in [0.2, 0.25) is 0 Å². The van der Waals surface area contributed by atoms with Crippen LogP contribution in [0.4, 0.5) is 0 Å². The number of hydrogen-bond donors (Lipinski definition) is 0. The average molecular weight is 296 g/mol. The Morgan fingerprint density at radius 1 is 1.53 bits per heavy atom. The molecule has 7 heteroatoms. The smallest absolute Gasteiger partial charge is 0.147 e. The van der Waals surface area contributed by atoms with Crippen LogP contribution in [0.3, 0.4) is 0 Å². The van der Waals surface area contributed by atoms with E-state index < -0.39 is 9.84 Å². The molecule has 0 aliphatic carbocycles. The Kier molecular flexibility index (Phi) is 4.72. The first-order valence-corrected chi connectivity index (χ1v) is 7.82. The number of aryl methyl sites for hydroxylation is 2. The molecule has 0 radical (unpaired) electrons. The van der Waals surface area contributed by atoms with Gasteiger partial charge in [-0.15, -0.1) is 5.10 Å². The lowest BCUT2D eigenvalue weighted by Gasteiger charge is -1.98. The highest BCUT2D eigenvalue weighted by molar-refractivity contribution is 9.09. The zero-order valence-corrected chi connectivity index (χ0v) is 11.0. The maximum atomic E-state index is 10.9. The molecule has 1 aromatic rings. The maximum Gasteiger partial charge on any atom is 0.147 e.